The second-order valence-electron chi connectivity index (χ2n) is 18.1. The second kappa shape index (κ2) is 22.0. The van der Waals surface area contributed by atoms with Gasteiger partial charge in [0.2, 0.25) is 0 Å². The van der Waals surface area contributed by atoms with Crippen LogP contribution in [0.2, 0.25) is 41.3 Å². The van der Waals surface area contributed by atoms with Crippen LogP contribution in [0.1, 0.15) is 87.6 Å². The van der Waals surface area contributed by atoms with Gasteiger partial charge >= 0.3 is 5.97 Å². The summed E-state index contributed by atoms with van der Waals surface area (Å²) in [5, 5.41) is 2.06. The van der Waals surface area contributed by atoms with Crippen LogP contribution in [0.3, 0.4) is 0 Å². The van der Waals surface area contributed by atoms with Crippen molar-refractivity contribution in [3.8, 4) is 18.1 Å². The highest BCUT2D eigenvalue weighted by Gasteiger charge is 2.52. The molecule has 7 nitrogen and oxygen atoms in total. The van der Waals surface area contributed by atoms with Gasteiger partial charge in [0.05, 0.1) is 26.4 Å². The third kappa shape index (κ3) is 12.9. The molecule has 0 fully saturated rings. The van der Waals surface area contributed by atoms with Gasteiger partial charge in [-0.05, 0) is 82.4 Å². The first kappa shape index (κ1) is 50.1. The quantitative estimate of drug-likeness (QED) is 0.0407. The fourth-order valence-corrected chi connectivity index (χ4v) is 16.4. The molecule has 0 bridgehead atoms. The highest BCUT2D eigenvalue weighted by Crippen LogP contribution is 2.42. The zero-order valence-electron chi connectivity index (χ0n) is 38.5. The molecule has 10 heteroatoms. The summed E-state index contributed by atoms with van der Waals surface area (Å²) in [7, 11) is -6.08. The topological polar surface area (TPSA) is 72.5 Å². The van der Waals surface area contributed by atoms with Crippen LogP contribution in [0.5, 0.6) is 5.75 Å². The molecule has 0 amide bonds. The summed E-state index contributed by atoms with van der Waals surface area (Å²) in [5.74, 6) is 3.34. The molecule has 0 N–H and O–H groups in total. The number of benzene rings is 3. The molecule has 0 aromatic heterocycles. The van der Waals surface area contributed by atoms with Gasteiger partial charge in [0.1, 0.15) is 17.5 Å². The highest BCUT2D eigenvalue weighted by atomic mass is 28.4. The summed E-state index contributed by atoms with van der Waals surface area (Å²) in [6, 6.07) is 31.8. The van der Waals surface area contributed by atoms with E-state index in [0.717, 1.165) is 29.4 Å². The number of carbonyl (C=O) groups excluding carboxylic acids is 1. The second-order valence-corrected chi connectivity index (χ2v) is 31.8. The maximum atomic E-state index is 13.4. The average Bonchev–Trinajstić information content (AvgIpc) is 3.21. The van der Waals surface area contributed by atoms with Crippen molar-refractivity contribution in [1.29, 1.82) is 0 Å². The monoisotopic (exact) mass is 858 g/mol. The fourth-order valence-electron chi connectivity index (χ4n) is 7.60. The molecule has 0 saturated heterocycles. The molecule has 324 valence electrons. The van der Waals surface area contributed by atoms with E-state index in [1.54, 1.807) is 7.11 Å². The summed E-state index contributed by atoms with van der Waals surface area (Å²) < 4.78 is 40.4. The van der Waals surface area contributed by atoms with Crippen molar-refractivity contribution in [2.75, 3.05) is 20.3 Å². The minimum atomic E-state index is -2.96. The molecular formula is C49H74O7Si3. The van der Waals surface area contributed by atoms with Crippen molar-refractivity contribution in [2.45, 2.75) is 148 Å². The zero-order chi connectivity index (χ0) is 44.0. The van der Waals surface area contributed by atoms with E-state index in [4.69, 9.17) is 33.9 Å². The van der Waals surface area contributed by atoms with Crippen LogP contribution in [-0.2, 0) is 34.2 Å². The lowest BCUT2D eigenvalue weighted by molar-refractivity contribution is -0.137. The Morgan fingerprint density at radius 3 is 1.78 bits per heavy atom. The Bertz CT molecular complexity index is 1720. The van der Waals surface area contributed by atoms with Crippen LogP contribution in [0, 0.1) is 12.3 Å². The van der Waals surface area contributed by atoms with Crippen molar-refractivity contribution < 1.29 is 32.3 Å². The Morgan fingerprint density at radius 2 is 1.34 bits per heavy atom. The van der Waals surface area contributed by atoms with Gasteiger partial charge in [0, 0.05) is 25.5 Å². The van der Waals surface area contributed by atoms with Gasteiger partial charge in [0.25, 0.3) is 8.32 Å². The minimum absolute atomic E-state index is 0.0721. The van der Waals surface area contributed by atoms with Crippen LogP contribution < -0.4 is 15.1 Å². The number of rotatable bonds is 23. The molecule has 0 spiro atoms. The van der Waals surface area contributed by atoms with Gasteiger partial charge in [-0.2, -0.15) is 0 Å². The van der Waals surface area contributed by atoms with Crippen molar-refractivity contribution in [3.05, 3.63) is 103 Å². The number of hydrogen-bond acceptors (Lipinski definition) is 7. The largest absolute Gasteiger partial charge is 0.497 e. The third-order valence-corrected chi connectivity index (χ3v) is 26.6. The first-order chi connectivity index (χ1) is 27.8. The molecule has 0 radical (unpaired) electrons. The lowest BCUT2D eigenvalue weighted by atomic mass is 9.88. The molecule has 3 aromatic rings. The predicted octanol–water partition coefficient (Wildman–Crippen LogP) is 10.8. The van der Waals surface area contributed by atoms with E-state index in [1.807, 2.05) is 37.3 Å². The number of ether oxygens (including phenoxy) is 3. The number of terminal acetylenes is 1. The van der Waals surface area contributed by atoms with Gasteiger partial charge in [0.15, 0.2) is 16.6 Å². The molecule has 59 heavy (non-hydrogen) atoms. The van der Waals surface area contributed by atoms with E-state index in [0.29, 0.717) is 19.4 Å². The Labute approximate surface area is 361 Å². The molecular weight excluding hydrogens is 785 g/mol. The maximum Gasteiger partial charge on any atom is 0.330 e. The normalized spacial score (nSPS) is 15.0. The summed E-state index contributed by atoms with van der Waals surface area (Å²) in [4.78, 5) is 13.4. The molecule has 0 aliphatic rings. The van der Waals surface area contributed by atoms with Crippen LogP contribution in [-0.4, -0.2) is 69.1 Å². The van der Waals surface area contributed by atoms with E-state index in [1.165, 1.54) is 16.4 Å². The lowest BCUT2D eigenvalue weighted by Crippen LogP contribution is -2.67. The summed E-state index contributed by atoms with van der Waals surface area (Å²) in [6.45, 7) is 27.2. The van der Waals surface area contributed by atoms with Gasteiger partial charge in [-0.15, -0.1) is 6.42 Å². The number of methoxy groups -OCH3 is 1. The maximum absolute atomic E-state index is 13.4. The van der Waals surface area contributed by atoms with Crippen molar-refractivity contribution in [2.24, 2.45) is 0 Å². The Balaban J connectivity index is 2.35. The first-order valence-corrected chi connectivity index (χ1v) is 28.9. The number of hydrogen-bond donors (Lipinski definition) is 0. The van der Waals surface area contributed by atoms with Crippen LogP contribution in [0.4, 0.5) is 0 Å². The lowest BCUT2D eigenvalue weighted by Gasteiger charge is -2.48. The molecule has 3 atom stereocenters. The Kier molecular flexibility index (Phi) is 18.7. The summed E-state index contributed by atoms with van der Waals surface area (Å²) in [5.41, 5.74) is -0.180. The molecule has 0 aliphatic heterocycles. The van der Waals surface area contributed by atoms with Crippen LogP contribution in [0.25, 0.3) is 0 Å². The first-order valence-electron chi connectivity index (χ1n) is 21.5. The standard InChI is InChI=1S/C49H74O7Si3/c1-15-41(55-57(13,14)47(6,7)8)38-45(53-39-40-30-32-42(51-12)33-31-40)49(35-34-46(50)52-16-2,56-58(17-3,18-4)19-5)36-37-54-59(48(9,10)11,43-26-22-20-23-27-43)44-28-24-21-25-29-44/h1,20-35,41,45H,16-19,36-39H2,2-14H3/b35-34+/t41-,45+,49-/m0/s1. The highest BCUT2D eigenvalue weighted by molar-refractivity contribution is 6.99. The number of esters is 1. The van der Waals surface area contributed by atoms with E-state index in [2.05, 4.69) is 142 Å². The van der Waals surface area contributed by atoms with Gasteiger partial charge in [-0.3, -0.25) is 0 Å². The minimum Gasteiger partial charge on any atom is -0.497 e. The zero-order valence-corrected chi connectivity index (χ0v) is 41.5. The Hall–Kier alpha value is -3.28. The SMILES string of the molecule is C#C[C@@H](C[C@@H](OCc1ccc(OC)cc1)[C@](/C=C/C(=O)OCC)(CCO[Si](c1ccccc1)(c1ccccc1)C(C)(C)C)O[Si](CC)(CC)CC)O[Si](C)(C)C(C)(C)C. The summed E-state index contributed by atoms with van der Waals surface area (Å²) >= 11 is 0. The van der Waals surface area contributed by atoms with Gasteiger partial charge in [-0.25, -0.2) is 4.79 Å². The van der Waals surface area contributed by atoms with Crippen molar-refractivity contribution in [3.63, 3.8) is 0 Å². The molecule has 0 unspecified atom stereocenters. The fraction of sp³-hybridized carbons (Fsp3) is 0.531. The average molecular weight is 859 g/mol. The molecule has 0 saturated carbocycles. The van der Waals surface area contributed by atoms with Crippen LogP contribution >= 0.6 is 0 Å². The van der Waals surface area contributed by atoms with E-state index in [9.17, 15) is 4.79 Å². The van der Waals surface area contributed by atoms with Crippen molar-refractivity contribution >= 4 is 41.3 Å². The van der Waals surface area contributed by atoms with Gasteiger partial charge < -0.3 is 27.5 Å². The summed E-state index contributed by atoms with van der Waals surface area (Å²) in [6.07, 6.45) is 9.34. The smallest absolute Gasteiger partial charge is 0.330 e. The molecule has 0 aliphatic carbocycles. The Morgan fingerprint density at radius 1 is 0.797 bits per heavy atom. The molecule has 0 heterocycles. The van der Waals surface area contributed by atoms with Crippen LogP contribution in [0.15, 0.2) is 97.1 Å². The van der Waals surface area contributed by atoms with Crippen molar-refractivity contribution in [1.82, 2.24) is 0 Å². The molecule has 3 rings (SSSR count). The molecule has 3 aromatic carbocycles. The third-order valence-electron chi connectivity index (χ3n) is 12.4. The van der Waals surface area contributed by atoms with E-state index in [-0.39, 0.29) is 23.3 Å². The number of carbonyl (C=O) groups is 1. The predicted molar refractivity (Wildman–Crippen MR) is 252 cm³/mol. The van der Waals surface area contributed by atoms with E-state index < -0.39 is 48.7 Å². The van der Waals surface area contributed by atoms with E-state index >= 15 is 0 Å². The van der Waals surface area contributed by atoms with Gasteiger partial charge in [-0.1, -0.05) is 141 Å².